The number of oxime groups is 1. The normalized spacial score (nSPS) is 22.8. The predicted molar refractivity (Wildman–Crippen MR) is 247 cm³/mol. The molecule has 0 spiro atoms. The van der Waals surface area contributed by atoms with Crippen molar-refractivity contribution in [2.45, 2.75) is 82.6 Å². The molecule has 0 bridgehead atoms. The Labute approximate surface area is 377 Å². The second-order valence-electron chi connectivity index (χ2n) is 16.5. The van der Waals surface area contributed by atoms with Gasteiger partial charge in [0, 0.05) is 37.7 Å². The summed E-state index contributed by atoms with van der Waals surface area (Å²) in [4.78, 5) is 22.1. The minimum atomic E-state index is -1.40. The standard InChI is InChI=1S/C52H61ClN2O8/c1-3-28-55(51(58)59-32-27-53)48-35-46(54-61-36-37-15-7-5-8-16-37)44-33-40(19-11-13-29-56)43(20-12-14-30-57)49-45-34-42(25-26-47(45)63-52(48,50(44)49)60-31-4-2)62-41-23-21-39(22-24-41)38-17-9-6-10-18-38/h4-10,15-18,21-26,33-34,40,43,48-50,56-57H,2-3,11-14,19-20,27-32,35-36H2,1H3/t40-,43+,48-,49+,50+,52+/m0/s1. The van der Waals surface area contributed by atoms with Crippen molar-refractivity contribution >= 4 is 23.4 Å². The van der Waals surface area contributed by atoms with Gasteiger partial charge in [-0.3, -0.25) is 4.90 Å². The van der Waals surface area contributed by atoms with Gasteiger partial charge in [0.1, 0.15) is 36.5 Å². The first-order valence-electron chi connectivity index (χ1n) is 22.5. The Bertz CT molecular complexity index is 2150. The molecular weight excluding hydrogens is 816 g/mol. The van der Waals surface area contributed by atoms with E-state index in [4.69, 9.17) is 40.5 Å². The molecule has 2 aliphatic carbocycles. The fourth-order valence-corrected chi connectivity index (χ4v) is 9.85. The fraction of sp³-hybridized carbons (Fsp3) is 0.423. The van der Waals surface area contributed by atoms with Crippen LogP contribution in [0.5, 0.6) is 17.2 Å². The Hall–Kier alpha value is -5.13. The molecule has 0 radical (unpaired) electrons. The lowest BCUT2D eigenvalue weighted by molar-refractivity contribution is -0.255. The topological polar surface area (TPSA) is 119 Å². The van der Waals surface area contributed by atoms with Crippen LogP contribution in [0, 0.1) is 17.8 Å². The van der Waals surface area contributed by atoms with Crippen molar-refractivity contribution in [1.29, 1.82) is 0 Å². The van der Waals surface area contributed by atoms with E-state index in [2.05, 4.69) is 43.0 Å². The summed E-state index contributed by atoms with van der Waals surface area (Å²) in [5, 5.41) is 24.9. The van der Waals surface area contributed by atoms with Crippen molar-refractivity contribution in [3.05, 3.63) is 139 Å². The third kappa shape index (κ3) is 10.6. The first-order valence-corrected chi connectivity index (χ1v) is 23.0. The maximum absolute atomic E-state index is 14.2. The highest BCUT2D eigenvalue weighted by Gasteiger charge is 2.65. The number of alkyl halides is 1. The van der Waals surface area contributed by atoms with Gasteiger partial charge in [0.15, 0.2) is 0 Å². The van der Waals surface area contributed by atoms with Crippen molar-refractivity contribution in [3.63, 3.8) is 0 Å². The molecule has 11 heteroatoms. The lowest BCUT2D eigenvalue weighted by Gasteiger charge is -2.59. The predicted octanol–water partition coefficient (Wildman–Crippen LogP) is 11.1. The maximum atomic E-state index is 14.2. The van der Waals surface area contributed by atoms with Gasteiger partial charge in [-0.2, -0.15) is 0 Å². The molecule has 0 aromatic heterocycles. The van der Waals surface area contributed by atoms with Crippen LogP contribution >= 0.6 is 11.6 Å². The number of aliphatic hydroxyl groups excluding tert-OH is 2. The van der Waals surface area contributed by atoms with Crippen molar-refractivity contribution in [3.8, 4) is 28.4 Å². The van der Waals surface area contributed by atoms with Crippen LogP contribution in [0.4, 0.5) is 4.79 Å². The van der Waals surface area contributed by atoms with Crippen molar-refractivity contribution in [1.82, 2.24) is 4.90 Å². The number of aliphatic hydroxyl groups is 2. The number of amides is 1. The van der Waals surface area contributed by atoms with E-state index < -0.39 is 23.8 Å². The number of carbonyl (C=O) groups is 1. The summed E-state index contributed by atoms with van der Waals surface area (Å²) in [6, 6.07) is 33.5. The van der Waals surface area contributed by atoms with Crippen LogP contribution in [-0.4, -0.2) is 77.6 Å². The number of hydrogen-bond acceptors (Lipinski definition) is 9. The van der Waals surface area contributed by atoms with Crippen LogP contribution in [0.25, 0.3) is 11.1 Å². The van der Waals surface area contributed by atoms with Crippen LogP contribution in [0.2, 0.25) is 0 Å². The third-order valence-corrected chi connectivity index (χ3v) is 12.6. The molecule has 4 aromatic carbocycles. The van der Waals surface area contributed by atoms with Gasteiger partial charge in [0.25, 0.3) is 0 Å². The molecule has 10 nitrogen and oxygen atoms in total. The monoisotopic (exact) mass is 876 g/mol. The fourth-order valence-electron chi connectivity index (χ4n) is 9.78. The highest BCUT2D eigenvalue weighted by Crippen LogP contribution is 2.62. The Kier molecular flexibility index (Phi) is 16.4. The van der Waals surface area contributed by atoms with E-state index in [1.807, 2.05) is 79.7 Å². The second kappa shape index (κ2) is 22.5. The van der Waals surface area contributed by atoms with E-state index in [-0.39, 0.29) is 63.1 Å². The number of nitrogens with zero attached hydrogens (tertiary/aromatic N) is 2. The maximum Gasteiger partial charge on any atom is 0.410 e. The van der Waals surface area contributed by atoms with E-state index in [0.717, 1.165) is 53.5 Å². The van der Waals surface area contributed by atoms with E-state index in [1.54, 1.807) is 11.0 Å². The van der Waals surface area contributed by atoms with Crippen molar-refractivity contribution < 1.29 is 38.8 Å². The van der Waals surface area contributed by atoms with E-state index in [0.29, 0.717) is 48.8 Å². The van der Waals surface area contributed by atoms with E-state index in [1.165, 1.54) is 0 Å². The summed E-state index contributed by atoms with van der Waals surface area (Å²) in [6.07, 6.45) is 9.11. The average molecular weight is 878 g/mol. The van der Waals surface area contributed by atoms with Gasteiger partial charge in [0.05, 0.1) is 24.1 Å². The molecule has 0 saturated heterocycles. The Balaban J connectivity index is 1.39. The Morgan fingerprint density at radius 1 is 0.921 bits per heavy atom. The number of unbranched alkanes of at least 4 members (excludes halogenated alkanes) is 2. The number of allylic oxidation sites excluding steroid dienone is 1. The first kappa shape index (κ1) is 45.9. The molecule has 334 valence electrons. The minimum Gasteiger partial charge on any atom is -0.459 e. The third-order valence-electron chi connectivity index (χ3n) is 12.5. The van der Waals surface area contributed by atoms with Gasteiger partial charge in [-0.15, -0.1) is 18.2 Å². The number of hydrogen-bond donors (Lipinski definition) is 2. The molecular formula is C52H61ClN2O8. The van der Waals surface area contributed by atoms with Gasteiger partial charge in [0.2, 0.25) is 5.79 Å². The minimum absolute atomic E-state index is 0.0517. The first-order chi connectivity index (χ1) is 30.9. The zero-order chi connectivity index (χ0) is 44.0. The summed E-state index contributed by atoms with van der Waals surface area (Å²) < 4.78 is 26.8. The number of ether oxygens (including phenoxy) is 4. The molecule has 7 rings (SSSR count). The molecule has 0 unspecified atom stereocenters. The van der Waals surface area contributed by atoms with Crippen LogP contribution in [0.3, 0.4) is 0 Å². The lowest BCUT2D eigenvalue weighted by atomic mass is 9.55. The molecule has 1 aliphatic heterocycles. The summed E-state index contributed by atoms with van der Waals surface area (Å²) in [5.41, 5.74) is 5.85. The molecule has 1 amide bonds. The Morgan fingerprint density at radius 3 is 2.32 bits per heavy atom. The second-order valence-corrected chi connectivity index (χ2v) is 16.9. The number of rotatable bonds is 22. The number of fused-ring (bicyclic) bond motifs is 2. The van der Waals surface area contributed by atoms with E-state index >= 15 is 0 Å². The molecule has 2 N–H and O–H groups in total. The quantitative estimate of drug-likeness (QED) is 0.0347. The summed E-state index contributed by atoms with van der Waals surface area (Å²) in [6.45, 7) is 7.11. The zero-order valence-corrected chi connectivity index (χ0v) is 37.0. The highest BCUT2D eigenvalue weighted by atomic mass is 35.5. The van der Waals surface area contributed by atoms with Crippen molar-refractivity contribution in [2.24, 2.45) is 22.9 Å². The number of carbonyl (C=O) groups excluding carboxylic acids is 1. The van der Waals surface area contributed by atoms with Crippen LogP contribution in [0.15, 0.2) is 133 Å². The Morgan fingerprint density at radius 2 is 1.62 bits per heavy atom. The van der Waals surface area contributed by atoms with E-state index in [9.17, 15) is 15.0 Å². The summed E-state index contributed by atoms with van der Waals surface area (Å²) >= 11 is 6.06. The molecule has 3 aliphatic rings. The largest absolute Gasteiger partial charge is 0.459 e. The van der Waals surface area contributed by atoms with Gasteiger partial charge in [-0.05, 0) is 96.5 Å². The lowest BCUT2D eigenvalue weighted by Crippen LogP contribution is -2.70. The molecule has 63 heavy (non-hydrogen) atoms. The van der Waals surface area contributed by atoms with Gasteiger partial charge in [-0.1, -0.05) is 110 Å². The molecule has 1 fully saturated rings. The van der Waals surface area contributed by atoms with Gasteiger partial charge in [-0.25, -0.2) is 4.79 Å². The van der Waals surface area contributed by atoms with Gasteiger partial charge < -0.3 is 34.0 Å². The number of halogens is 1. The SMILES string of the molecule is C=CCO[C@@]12Oc3ccc(Oc4ccc(-c5ccccc5)cc4)cc3[C@H]3[C@H](CCCCO)[C@@H](CCCCO)C=C(C(=NOCc4ccccc4)C[C@@H]1N(CCC)C(=O)OCCCl)[C@H]32. The molecule has 1 saturated carbocycles. The highest BCUT2D eigenvalue weighted by molar-refractivity contribution is 6.18. The molecule has 1 heterocycles. The summed E-state index contributed by atoms with van der Waals surface area (Å²) in [7, 11) is 0. The molecule has 6 atom stereocenters. The number of benzene rings is 4. The summed E-state index contributed by atoms with van der Waals surface area (Å²) in [5.74, 6) is 0.252. The van der Waals surface area contributed by atoms with Crippen LogP contribution in [0.1, 0.15) is 75.3 Å². The average Bonchev–Trinajstić information content (AvgIpc) is 3.31. The van der Waals surface area contributed by atoms with Crippen LogP contribution in [-0.2, 0) is 20.9 Å². The van der Waals surface area contributed by atoms with Crippen LogP contribution < -0.4 is 9.47 Å². The smallest absolute Gasteiger partial charge is 0.410 e. The zero-order valence-electron chi connectivity index (χ0n) is 36.3. The molecule has 4 aromatic rings. The van der Waals surface area contributed by atoms with Gasteiger partial charge >= 0.3 is 6.09 Å². The van der Waals surface area contributed by atoms with Crippen molar-refractivity contribution in [2.75, 3.05) is 38.9 Å².